The lowest BCUT2D eigenvalue weighted by Gasteiger charge is -2.23. The summed E-state index contributed by atoms with van der Waals surface area (Å²) >= 11 is 11.9. The van der Waals surface area contributed by atoms with E-state index >= 15 is 0 Å². The summed E-state index contributed by atoms with van der Waals surface area (Å²) < 4.78 is 0. The lowest BCUT2D eigenvalue weighted by Crippen LogP contribution is -2.38. The second kappa shape index (κ2) is 11.7. The number of nitrogens with one attached hydrogen (secondary N) is 1. The Labute approximate surface area is 199 Å². The number of halogens is 2. The average Bonchev–Trinajstić information content (AvgIpc) is 3.10. The molecule has 0 spiro atoms. The van der Waals surface area contributed by atoms with Gasteiger partial charge in [-0.3, -0.25) is 14.4 Å². The maximum atomic E-state index is 12.6. The minimum Gasteiger partial charge on any atom is -0.352 e. The molecule has 3 rings (SSSR count). The van der Waals surface area contributed by atoms with Crippen LogP contribution in [0.25, 0.3) is 6.08 Å². The Morgan fingerprint density at radius 2 is 1.94 bits per heavy atom. The Bertz CT molecular complexity index is 877. The van der Waals surface area contributed by atoms with Gasteiger partial charge in [-0.05, 0) is 43.2 Å². The van der Waals surface area contributed by atoms with Gasteiger partial charge in [-0.1, -0.05) is 29.3 Å². The van der Waals surface area contributed by atoms with Crippen molar-refractivity contribution < 1.29 is 14.4 Å². The largest absolute Gasteiger partial charge is 0.352 e. The number of amides is 3. The van der Waals surface area contributed by atoms with Crippen molar-refractivity contribution in [2.24, 2.45) is 0 Å². The van der Waals surface area contributed by atoms with Crippen molar-refractivity contribution in [2.75, 3.05) is 45.8 Å². The Hall–Kier alpha value is -2.09. The number of hydrogen-bond donors (Lipinski definition) is 1. The second-order valence-corrected chi connectivity index (χ2v) is 9.12. The van der Waals surface area contributed by atoms with Gasteiger partial charge >= 0.3 is 0 Å². The predicted molar refractivity (Wildman–Crippen MR) is 127 cm³/mol. The molecule has 0 aliphatic carbocycles. The molecule has 2 fully saturated rings. The van der Waals surface area contributed by atoms with E-state index in [2.05, 4.69) is 10.2 Å². The van der Waals surface area contributed by atoms with E-state index in [0.717, 1.165) is 38.0 Å². The molecule has 1 unspecified atom stereocenters. The van der Waals surface area contributed by atoms with Gasteiger partial charge in [0.15, 0.2) is 0 Å². The zero-order valence-corrected chi connectivity index (χ0v) is 19.9. The highest BCUT2D eigenvalue weighted by Crippen LogP contribution is 2.23. The Kier molecular flexibility index (Phi) is 8.96. The molecule has 2 heterocycles. The molecule has 1 N–H and O–H groups in total. The molecule has 7 nitrogen and oxygen atoms in total. The van der Waals surface area contributed by atoms with Crippen LogP contribution < -0.4 is 5.32 Å². The van der Waals surface area contributed by atoms with Crippen LogP contribution in [-0.4, -0.2) is 84.3 Å². The SMILES string of the molecule is CC(=O)NC1CCN(CCCN2CCN(C(=O)/C=C/c3ccc(Cl)c(Cl)c3)CCC2=O)C1. The van der Waals surface area contributed by atoms with E-state index in [-0.39, 0.29) is 23.8 Å². The van der Waals surface area contributed by atoms with Gasteiger partial charge in [0.2, 0.25) is 17.7 Å². The summed E-state index contributed by atoms with van der Waals surface area (Å²) in [5, 5.41) is 3.88. The van der Waals surface area contributed by atoms with Gasteiger partial charge in [0.25, 0.3) is 0 Å². The summed E-state index contributed by atoms with van der Waals surface area (Å²) in [6, 6.07) is 5.42. The number of nitrogens with zero attached hydrogens (tertiary/aromatic N) is 3. The molecule has 1 atom stereocenters. The van der Waals surface area contributed by atoms with Gasteiger partial charge in [-0.15, -0.1) is 0 Å². The van der Waals surface area contributed by atoms with Crippen LogP contribution in [-0.2, 0) is 14.4 Å². The summed E-state index contributed by atoms with van der Waals surface area (Å²) in [6.07, 6.45) is 5.40. The van der Waals surface area contributed by atoms with Crippen molar-refractivity contribution in [2.45, 2.75) is 32.2 Å². The predicted octanol–water partition coefficient (Wildman–Crippen LogP) is 2.67. The van der Waals surface area contributed by atoms with Crippen molar-refractivity contribution >= 4 is 47.0 Å². The fourth-order valence-electron chi connectivity index (χ4n) is 4.14. The standard InChI is InChI=1S/C23H30Cl2N4O3/c1-17(30)26-19-7-11-27(16-19)9-2-10-28-13-14-29(12-8-23(28)32)22(31)6-4-18-3-5-20(24)21(25)15-18/h3-6,15,19H,2,7-14,16H2,1H3,(H,26,30)/b6-4+. The van der Waals surface area contributed by atoms with E-state index in [1.165, 1.54) is 6.08 Å². The first kappa shape index (κ1) is 24.6. The van der Waals surface area contributed by atoms with Crippen molar-refractivity contribution in [3.05, 3.63) is 39.9 Å². The fraction of sp³-hybridized carbons (Fsp3) is 0.522. The number of hydrogen-bond acceptors (Lipinski definition) is 4. The van der Waals surface area contributed by atoms with Crippen LogP contribution in [0.3, 0.4) is 0 Å². The van der Waals surface area contributed by atoms with Gasteiger partial charge in [-0.2, -0.15) is 0 Å². The summed E-state index contributed by atoms with van der Waals surface area (Å²) in [4.78, 5) is 42.2. The minimum atomic E-state index is -0.119. The lowest BCUT2D eigenvalue weighted by atomic mass is 10.2. The Balaban J connectivity index is 1.43. The van der Waals surface area contributed by atoms with Crippen LogP contribution in [0.2, 0.25) is 10.0 Å². The molecule has 0 saturated carbocycles. The molecular formula is C23H30Cl2N4O3. The number of carbonyl (C=O) groups excluding carboxylic acids is 3. The van der Waals surface area contributed by atoms with Crippen LogP contribution in [0.4, 0.5) is 0 Å². The first-order chi connectivity index (χ1) is 15.3. The number of rotatable bonds is 7. The van der Waals surface area contributed by atoms with Crippen LogP contribution in [0, 0.1) is 0 Å². The van der Waals surface area contributed by atoms with Crippen LogP contribution in [0.5, 0.6) is 0 Å². The highest BCUT2D eigenvalue weighted by molar-refractivity contribution is 6.42. The molecule has 174 valence electrons. The average molecular weight is 481 g/mol. The highest BCUT2D eigenvalue weighted by Gasteiger charge is 2.25. The third-order valence-corrected chi connectivity index (χ3v) is 6.58. The molecule has 1 aromatic carbocycles. The molecular weight excluding hydrogens is 451 g/mol. The molecule has 32 heavy (non-hydrogen) atoms. The number of benzene rings is 1. The molecule has 2 saturated heterocycles. The summed E-state index contributed by atoms with van der Waals surface area (Å²) in [7, 11) is 0. The zero-order chi connectivity index (χ0) is 23.1. The maximum Gasteiger partial charge on any atom is 0.246 e. The second-order valence-electron chi connectivity index (χ2n) is 8.30. The quantitative estimate of drug-likeness (QED) is 0.608. The van der Waals surface area contributed by atoms with Gasteiger partial charge in [-0.25, -0.2) is 0 Å². The lowest BCUT2D eigenvalue weighted by molar-refractivity contribution is -0.130. The Morgan fingerprint density at radius 1 is 1.12 bits per heavy atom. The monoisotopic (exact) mass is 480 g/mol. The van der Waals surface area contributed by atoms with Gasteiger partial charge in [0.1, 0.15) is 0 Å². The topological polar surface area (TPSA) is 73.0 Å². The molecule has 3 amide bonds. The molecule has 1 aromatic rings. The van der Waals surface area contributed by atoms with Crippen molar-refractivity contribution in [3.63, 3.8) is 0 Å². The van der Waals surface area contributed by atoms with E-state index in [1.807, 2.05) is 4.90 Å². The van der Waals surface area contributed by atoms with Crippen LogP contribution in [0.1, 0.15) is 31.7 Å². The van der Waals surface area contributed by atoms with Crippen LogP contribution in [0.15, 0.2) is 24.3 Å². The third kappa shape index (κ3) is 7.22. The van der Waals surface area contributed by atoms with Crippen molar-refractivity contribution in [1.29, 1.82) is 0 Å². The summed E-state index contributed by atoms with van der Waals surface area (Å²) in [5.41, 5.74) is 0.794. The molecule has 2 aliphatic rings. The summed E-state index contributed by atoms with van der Waals surface area (Å²) in [5.74, 6) is -0.0176. The Morgan fingerprint density at radius 3 is 2.69 bits per heavy atom. The molecule has 0 radical (unpaired) electrons. The smallest absolute Gasteiger partial charge is 0.246 e. The minimum absolute atomic E-state index is 0.0120. The molecule has 0 bridgehead atoms. The van der Waals surface area contributed by atoms with Gasteiger partial charge in [0.05, 0.1) is 10.0 Å². The molecule has 9 heteroatoms. The van der Waals surface area contributed by atoms with Crippen molar-refractivity contribution in [3.8, 4) is 0 Å². The van der Waals surface area contributed by atoms with Gasteiger partial charge in [0, 0.05) is 64.7 Å². The van der Waals surface area contributed by atoms with Crippen molar-refractivity contribution in [1.82, 2.24) is 20.0 Å². The normalized spacial score (nSPS) is 20.1. The number of likely N-dealkylation sites (tertiary alicyclic amines) is 1. The first-order valence-electron chi connectivity index (χ1n) is 11.0. The molecule has 2 aliphatic heterocycles. The number of carbonyl (C=O) groups is 3. The van der Waals surface area contributed by atoms with Gasteiger partial charge < -0.3 is 20.0 Å². The van der Waals surface area contributed by atoms with Crippen LogP contribution >= 0.6 is 23.2 Å². The highest BCUT2D eigenvalue weighted by atomic mass is 35.5. The maximum absolute atomic E-state index is 12.6. The van der Waals surface area contributed by atoms with E-state index in [0.29, 0.717) is 42.6 Å². The van der Waals surface area contributed by atoms with E-state index < -0.39 is 0 Å². The molecule has 0 aromatic heterocycles. The summed E-state index contributed by atoms with van der Waals surface area (Å²) in [6.45, 7) is 6.43. The zero-order valence-electron chi connectivity index (χ0n) is 18.4. The fourth-order valence-corrected chi connectivity index (χ4v) is 4.45. The third-order valence-electron chi connectivity index (χ3n) is 5.84. The van der Waals surface area contributed by atoms with E-state index in [9.17, 15) is 14.4 Å². The first-order valence-corrected chi connectivity index (χ1v) is 11.8. The van der Waals surface area contributed by atoms with E-state index in [1.54, 1.807) is 36.1 Å². The van der Waals surface area contributed by atoms with E-state index in [4.69, 9.17) is 23.2 Å².